The number of alkyl halides is 1. The summed E-state index contributed by atoms with van der Waals surface area (Å²) in [7, 11) is 0. The van der Waals surface area contributed by atoms with E-state index in [1.807, 2.05) is 12.1 Å². The second-order valence-corrected chi connectivity index (χ2v) is 11.8. The number of hydrogen-bond acceptors (Lipinski definition) is 2. The molecule has 0 aliphatic heterocycles. The van der Waals surface area contributed by atoms with E-state index in [4.69, 9.17) is 0 Å². The summed E-state index contributed by atoms with van der Waals surface area (Å²) < 4.78 is -0.615. The highest BCUT2D eigenvalue weighted by molar-refractivity contribution is 9.10. The van der Waals surface area contributed by atoms with Crippen molar-refractivity contribution in [2.24, 2.45) is 17.8 Å². The predicted molar refractivity (Wildman–Crippen MR) is 116 cm³/mol. The Morgan fingerprint density at radius 1 is 1.04 bits per heavy atom. The van der Waals surface area contributed by atoms with Crippen molar-refractivity contribution in [2.45, 2.75) is 68.5 Å². The molecule has 0 aromatic heterocycles. The van der Waals surface area contributed by atoms with Crippen LogP contribution in [0, 0.1) is 17.8 Å². The Morgan fingerprint density at radius 2 is 1.57 bits per heavy atom. The minimum absolute atomic E-state index is 0.0739. The van der Waals surface area contributed by atoms with E-state index in [1.54, 1.807) is 13.8 Å². The maximum atomic E-state index is 12.2. The zero-order valence-electron chi connectivity index (χ0n) is 16.9. The highest BCUT2D eigenvalue weighted by atomic mass is 79.9. The molecule has 5 rings (SSSR count). The summed E-state index contributed by atoms with van der Waals surface area (Å²) >= 11 is 3.32. The molecule has 0 radical (unpaired) electrons. The molecule has 2 N–H and O–H groups in total. The summed E-state index contributed by atoms with van der Waals surface area (Å²) in [5.74, 6) is 2.62. The largest absolute Gasteiger partial charge is 0.354 e. The molecule has 0 atom stereocenters. The minimum atomic E-state index is -0.615. The molecule has 2 amide bonds. The van der Waals surface area contributed by atoms with Gasteiger partial charge in [0.05, 0.1) is 4.32 Å². The first kappa shape index (κ1) is 19.9. The van der Waals surface area contributed by atoms with E-state index in [0.29, 0.717) is 12.0 Å². The van der Waals surface area contributed by atoms with Crippen LogP contribution in [0.1, 0.15) is 64.4 Å². The third-order valence-corrected chi connectivity index (χ3v) is 7.36. The lowest BCUT2D eigenvalue weighted by atomic mass is 9.48. The van der Waals surface area contributed by atoms with Crippen LogP contribution in [0.3, 0.4) is 0 Å². The molecule has 4 saturated carbocycles. The smallest absolute Gasteiger partial charge is 0.236 e. The lowest BCUT2D eigenvalue weighted by molar-refractivity contribution is -0.122. The maximum absolute atomic E-state index is 12.2. The Kier molecular flexibility index (Phi) is 5.32. The summed E-state index contributed by atoms with van der Waals surface area (Å²) in [6, 6.07) is 8.56. The van der Waals surface area contributed by atoms with E-state index < -0.39 is 4.32 Å². The Hall–Kier alpha value is -1.36. The number of amides is 2. The molecule has 0 saturated heterocycles. The number of carbonyl (C=O) groups excluding carboxylic acids is 2. The second-order valence-electron chi connectivity index (χ2n) is 9.80. The molecule has 0 unspecified atom stereocenters. The van der Waals surface area contributed by atoms with Gasteiger partial charge in [-0.05, 0) is 93.2 Å². The number of halogens is 1. The zero-order chi connectivity index (χ0) is 19.9. The van der Waals surface area contributed by atoms with Crippen LogP contribution in [-0.2, 0) is 15.0 Å². The van der Waals surface area contributed by atoms with Crippen molar-refractivity contribution in [3.8, 4) is 0 Å². The average Bonchev–Trinajstić information content (AvgIpc) is 2.60. The van der Waals surface area contributed by atoms with Gasteiger partial charge >= 0.3 is 0 Å². The van der Waals surface area contributed by atoms with Gasteiger partial charge in [-0.25, -0.2) is 0 Å². The highest BCUT2D eigenvalue weighted by Gasteiger charge is 2.51. The van der Waals surface area contributed by atoms with Gasteiger partial charge in [-0.1, -0.05) is 28.1 Å². The number of rotatable bonds is 6. The molecular weight excluding hydrogens is 416 g/mol. The third kappa shape index (κ3) is 4.14. The van der Waals surface area contributed by atoms with Gasteiger partial charge in [0.1, 0.15) is 0 Å². The first-order chi connectivity index (χ1) is 13.2. The first-order valence-electron chi connectivity index (χ1n) is 10.6. The van der Waals surface area contributed by atoms with Gasteiger partial charge in [0.2, 0.25) is 11.8 Å². The zero-order valence-corrected chi connectivity index (χ0v) is 18.5. The number of hydrogen-bond donors (Lipinski definition) is 2. The molecule has 4 nitrogen and oxygen atoms in total. The van der Waals surface area contributed by atoms with Gasteiger partial charge in [-0.2, -0.15) is 0 Å². The van der Waals surface area contributed by atoms with Crippen molar-refractivity contribution in [3.05, 3.63) is 29.8 Å². The average molecular weight is 447 g/mol. The Bertz CT molecular complexity index is 716. The fraction of sp³-hybridized carbons (Fsp3) is 0.652. The van der Waals surface area contributed by atoms with E-state index in [-0.39, 0.29) is 18.2 Å². The number of carbonyl (C=O) groups is 2. The van der Waals surface area contributed by atoms with E-state index in [9.17, 15) is 9.59 Å². The lowest BCUT2D eigenvalue weighted by Crippen LogP contribution is -2.48. The number of anilines is 1. The molecule has 1 aromatic rings. The summed E-state index contributed by atoms with van der Waals surface area (Å²) in [6.07, 6.45) is 8.70. The van der Waals surface area contributed by atoms with Crippen molar-refractivity contribution in [1.82, 2.24) is 5.32 Å². The van der Waals surface area contributed by atoms with Gasteiger partial charge in [0, 0.05) is 18.7 Å². The van der Waals surface area contributed by atoms with Crippen LogP contribution < -0.4 is 10.6 Å². The van der Waals surface area contributed by atoms with Gasteiger partial charge in [-0.15, -0.1) is 0 Å². The van der Waals surface area contributed by atoms with Crippen LogP contribution in [0.5, 0.6) is 0 Å². The van der Waals surface area contributed by atoms with Crippen molar-refractivity contribution < 1.29 is 9.59 Å². The molecule has 4 aliphatic carbocycles. The minimum Gasteiger partial charge on any atom is -0.354 e. The highest BCUT2D eigenvalue weighted by Crippen LogP contribution is 2.60. The normalized spacial score (nSPS) is 30.9. The van der Waals surface area contributed by atoms with E-state index in [0.717, 1.165) is 23.4 Å². The summed E-state index contributed by atoms with van der Waals surface area (Å²) in [5, 5.41) is 5.73. The van der Waals surface area contributed by atoms with Crippen LogP contribution in [0.25, 0.3) is 0 Å². The molecule has 0 spiro atoms. The molecule has 5 heteroatoms. The quantitative estimate of drug-likeness (QED) is 0.617. The molecule has 28 heavy (non-hydrogen) atoms. The molecule has 4 bridgehead atoms. The molecule has 152 valence electrons. The van der Waals surface area contributed by atoms with Crippen molar-refractivity contribution in [1.29, 1.82) is 0 Å². The van der Waals surface area contributed by atoms with Crippen LogP contribution in [0.4, 0.5) is 5.69 Å². The number of nitrogens with one attached hydrogen (secondary N) is 2. The van der Waals surface area contributed by atoms with Crippen molar-refractivity contribution in [3.63, 3.8) is 0 Å². The molecule has 1 aromatic carbocycles. The van der Waals surface area contributed by atoms with E-state index >= 15 is 0 Å². The van der Waals surface area contributed by atoms with Crippen LogP contribution >= 0.6 is 15.9 Å². The van der Waals surface area contributed by atoms with E-state index in [1.165, 1.54) is 44.1 Å². The lowest BCUT2D eigenvalue weighted by Gasteiger charge is -2.57. The molecule has 4 fully saturated rings. The van der Waals surface area contributed by atoms with E-state index in [2.05, 4.69) is 38.7 Å². The fourth-order valence-electron chi connectivity index (χ4n) is 6.09. The standard InChI is InChI=1S/C23H31BrN2O2/c1-22(2,24)21(28)25-8-7-20(27)26-19-5-3-18(4-6-19)23-12-15-9-16(13-23)11-17(10-15)14-23/h3-6,15-17H,7-14H2,1-2H3,(H,25,28)(H,26,27). The maximum Gasteiger partial charge on any atom is 0.236 e. The number of benzene rings is 1. The fourth-order valence-corrected chi connectivity index (χ4v) is 6.23. The van der Waals surface area contributed by atoms with Crippen LogP contribution in [0.15, 0.2) is 24.3 Å². The van der Waals surface area contributed by atoms with Crippen molar-refractivity contribution >= 4 is 33.4 Å². The Labute approximate surface area is 176 Å². The van der Waals surface area contributed by atoms with Crippen LogP contribution in [-0.4, -0.2) is 22.7 Å². The van der Waals surface area contributed by atoms with Crippen LogP contribution in [0.2, 0.25) is 0 Å². The second kappa shape index (κ2) is 7.47. The Balaban J connectivity index is 1.32. The van der Waals surface area contributed by atoms with Gasteiger partial charge in [0.15, 0.2) is 0 Å². The monoisotopic (exact) mass is 446 g/mol. The predicted octanol–water partition coefficient (Wildman–Crippen LogP) is 4.77. The molecular formula is C23H31BrN2O2. The molecule has 0 heterocycles. The summed E-state index contributed by atoms with van der Waals surface area (Å²) in [4.78, 5) is 24.0. The Morgan fingerprint density at radius 3 is 2.07 bits per heavy atom. The summed E-state index contributed by atoms with van der Waals surface area (Å²) in [6.45, 7) is 3.91. The first-order valence-corrected chi connectivity index (χ1v) is 11.4. The van der Waals surface area contributed by atoms with Gasteiger partial charge in [0.25, 0.3) is 0 Å². The third-order valence-electron chi connectivity index (χ3n) is 7.00. The molecule has 4 aliphatic rings. The van der Waals surface area contributed by atoms with Crippen molar-refractivity contribution in [2.75, 3.05) is 11.9 Å². The summed E-state index contributed by atoms with van der Waals surface area (Å²) in [5.41, 5.74) is 2.70. The topological polar surface area (TPSA) is 58.2 Å². The van der Waals surface area contributed by atoms with Gasteiger partial charge in [-0.3, -0.25) is 9.59 Å². The SMILES string of the molecule is CC(C)(Br)C(=O)NCCC(=O)Nc1ccc(C23CC4CC(CC(C4)C2)C3)cc1. The van der Waals surface area contributed by atoms with Gasteiger partial charge < -0.3 is 10.6 Å².